The molecule has 0 saturated carbocycles. The highest BCUT2D eigenvalue weighted by atomic mass is 32.2. The van der Waals surface area contributed by atoms with Crippen LogP contribution in [0, 0.1) is 0 Å². The maximum Gasteiger partial charge on any atom is 0.254 e. The molecule has 1 atom stereocenters. The summed E-state index contributed by atoms with van der Waals surface area (Å²) in [6, 6.07) is 2.68. The fraction of sp³-hybridized carbons (Fsp3) is 0.643. The summed E-state index contributed by atoms with van der Waals surface area (Å²) in [4.78, 5) is 17.0. The molecule has 0 radical (unpaired) electrons. The number of amides is 1. The Morgan fingerprint density at radius 2 is 2.21 bits per heavy atom. The first-order chi connectivity index (χ1) is 9.34. The number of thioether (sulfide) groups is 1. The first-order valence-corrected chi connectivity index (χ1v) is 9.07. The van der Waals surface area contributed by atoms with Crippen molar-refractivity contribution in [1.82, 2.24) is 9.80 Å². The highest BCUT2D eigenvalue weighted by Crippen LogP contribution is 2.23. The van der Waals surface area contributed by atoms with Gasteiger partial charge in [0, 0.05) is 43.4 Å². The average molecular weight is 296 g/mol. The summed E-state index contributed by atoms with van der Waals surface area (Å²) in [5.41, 5.74) is 0.856. The Morgan fingerprint density at radius 1 is 1.26 bits per heavy atom. The van der Waals surface area contributed by atoms with E-state index in [1.165, 1.54) is 17.9 Å². The van der Waals surface area contributed by atoms with Crippen LogP contribution in [0.4, 0.5) is 0 Å². The quantitative estimate of drug-likeness (QED) is 0.837. The molecule has 3 heterocycles. The maximum atomic E-state index is 12.4. The number of carbonyl (C=O) groups is 1. The molecular formula is C14H20N2OS2. The lowest BCUT2D eigenvalue weighted by Gasteiger charge is -2.26. The van der Waals surface area contributed by atoms with Gasteiger partial charge in [0.2, 0.25) is 0 Å². The van der Waals surface area contributed by atoms with Crippen molar-refractivity contribution < 1.29 is 4.79 Å². The molecule has 0 spiro atoms. The molecule has 2 aliphatic rings. The number of rotatable bonds is 2. The van der Waals surface area contributed by atoms with Crippen molar-refractivity contribution >= 4 is 29.0 Å². The molecule has 1 amide bonds. The monoisotopic (exact) mass is 296 g/mol. The van der Waals surface area contributed by atoms with Crippen LogP contribution < -0.4 is 0 Å². The average Bonchev–Trinajstić information content (AvgIpc) is 3.08. The highest BCUT2D eigenvalue weighted by Gasteiger charge is 2.26. The van der Waals surface area contributed by atoms with Crippen molar-refractivity contribution in [3.8, 4) is 0 Å². The molecule has 5 heteroatoms. The number of hydrogen-bond donors (Lipinski definition) is 0. The molecule has 3 nitrogen and oxygen atoms in total. The Balaban J connectivity index is 1.59. The normalized spacial score (nSPS) is 25.5. The molecule has 19 heavy (non-hydrogen) atoms. The summed E-state index contributed by atoms with van der Waals surface area (Å²) in [7, 11) is 0. The highest BCUT2D eigenvalue weighted by molar-refractivity contribution is 7.99. The molecule has 104 valence electrons. The van der Waals surface area contributed by atoms with Crippen molar-refractivity contribution in [2.45, 2.75) is 18.9 Å². The van der Waals surface area contributed by atoms with Crippen LogP contribution in [-0.2, 0) is 0 Å². The predicted molar refractivity (Wildman–Crippen MR) is 82.1 cm³/mol. The Bertz CT molecular complexity index is 415. The summed E-state index contributed by atoms with van der Waals surface area (Å²) in [6.07, 6.45) is 2.43. The van der Waals surface area contributed by atoms with E-state index < -0.39 is 0 Å². The summed E-state index contributed by atoms with van der Waals surface area (Å²) >= 11 is 3.66. The zero-order valence-electron chi connectivity index (χ0n) is 11.1. The van der Waals surface area contributed by atoms with Gasteiger partial charge in [-0.1, -0.05) is 0 Å². The van der Waals surface area contributed by atoms with E-state index in [4.69, 9.17) is 0 Å². The van der Waals surface area contributed by atoms with Crippen LogP contribution in [0.5, 0.6) is 0 Å². The summed E-state index contributed by atoms with van der Waals surface area (Å²) in [5.74, 6) is 2.79. The van der Waals surface area contributed by atoms with Gasteiger partial charge < -0.3 is 4.90 Å². The van der Waals surface area contributed by atoms with Gasteiger partial charge in [0.1, 0.15) is 0 Å². The molecule has 0 bridgehead atoms. The number of hydrogen-bond acceptors (Lipinski definition) is 4. The second-order valence-corrected chi connectivity index (χ2v) is 7.14. The Morgan fingerprint density at radius 3 is 2.95 bits per heavy atom. The van der Waals surface area contributed by atoms with E-state index in [2.05, 4.69) is 16.7 Å². The van der Waals surface area contributed by atoms with Crippen LogP contribution in [0.2, 0.25) is 0 Å². The van der Waals surface area contributed by atoms with E-state index in [1.54, 1.807) is 11.3 Å². The van der Waals surface area contributed by atoms with Crippen LogP contribution >= 0.6 is 23.1 Å². The summed E-state index contributed by atoms with van der Waals surface area (Å²) in [5, 5.41) is 3.94. The molecule has 0 N–H and O–H groups in total. The Labute approximate surface area is 123 Å². The van der Waals surface area contributed by atoms with Gasteiger partial charge in [0.25, 0.3) is 5.91 Å². The first-order valence-electron chi connectivity index (χ1n) is 6.98. The van der Waals surface area contributed by atoms with Gasteiger partial charge in [0.05, 0.1) is 5.56 Å². The van der Waals surface area contributed by atoms with Crippen LogP contribution in [0.1, 0.15) is 23.2 Å². The minimum absolute atomic E-state index is 0.212. The third kappa shape index (κ3) is 3.15. The molecule has 1 unspecified atom stereocenters. The molecule has 1 aromatic rings. The van der Waals surface area contributed by atoms with Crippen molar-refractivity contribution in [2.75, 3.05) is 37.7 Å². The number of carbonyl (C=O) groups excluding carboxylic acids is 1. The zero-order chi connectivity index (χ0) is 13.1. The first kappa shape index (κ1) is 13.5. The van der Waals surface area contributed by atoms with Crippen molar-refractivity contribution in [1.29, 1.82) is 0 Å². The van der Waals surface area contributed by atoms with Gasteiger partial charge in [0.15, 0.2) is 0 Å². The summed E-state index contributed by atoms with van der Waals surface area (Å²) < 4.78 is 0. The molecule has 0 aliphatic carbocycles. The van der Waals surface area contributed by atoms with Gasteiger partial charge in [-0.05, 0) is 30.0 Å². The van der Waals surface area contributed by atoms with Gasteiger partial charge in [-0.25, -0.2) is 0 Å². The van der Waals surface area contributed by atoms with Gasteiger partial charge >= 0.3 is 0 Å². The molecule has 0 aromatic carbocycles. The van der Waals surface area contributed by atoms with E-state index >= 15 is 0 Å². The van der Waals surface area contributed by atoms with Gasteiger partial charge in [-0.15, -0.1) is 0 Å². The zero-order valence-corrected chi connectivity index (χ0v) is 12.7. The van der Waals surface area contributed by atoms with Crippen LogP contribution in [-0.4, -0.2) is 59.4 Å². The van der Waals surface area contributed by atoms with Gasteiger partial charge in [-0.2, -0.15) is 23.1 Å². The molecule has 2 saturated heterocycles. The minimum atomic E-state index is 0.212. The lowest BCUT2D eigenvalue weighted by Crippen LogP contribution is -2.39. The van der Waals surface area contributed by atoms with E-state index in [0.717, 1.165) is 44.2 Å². The lowest BCUT2D eigenvalue weighted by molar-refractivity contribution is 0.0759. The fourth-order valence-electron chi connectivity index (χ4n) is 2.88. The Hall–Kier alpha value is -0.520. The Kier molecular flexibility index (Phi) is 4.45. The van der Waals surface area contributed by atoms with Crippen molar-refractivity contribution in [3.05, 3.63) is 22.4 Å². The van der Waals surface area contributed by atoms with E-state index in [1.807, 2.05) is 21.7 Å². The van der Waals surface area contributed by atoms with Crippen LogP contribution in [0.25, 0.3) is 0 Å². The van der Waals surface area contributed by atoms with Crippen molar-refractivity contribution in [3.63, 3.8) is 0 Å². The minimum Gasteiger partial charge on any atom is -0.337 e. The number of nitrogens with zero attached hydrogens (tertiary/aromatic N) is 2. The van der Waals surface area contributed by atoms with Crippen LogP contribution in [0.3, 0.4) is 0 Å². The van der Waals surface area contributed by atoms with Gasteiger partial charge in [-0.3, -0.25) is 9.69 Å². The van der Waals surface area contributed by atoms with E-state index in [-0.39, 0.29) is 5.91 Å². The van der Waals surface area contributed by atoms with Crippen molar-refractivity contribution in [2.24, 2.45) is 0 Å². The van der Waals surface area contributed by atoms with Crippen LogP contribution in [0.15, 0.2) is 16.8 Å². The second kappa shape index (κ2) is 6.29. The molecular weight excluding hydrogens is 276 g/mol. The van der Waals surface area contributed by atoms with E-state index in [9.17, 15) is 4.79 Å². The fourth-order valence-corrected chi connectivity index (χ4v) is 4.77. The summed E-state index contributed by atoms with van der Waals surface area (Å²) in [6.45, 7) is 3.99. The largest absolute Gasteiger partial charge is 0.337 e. The molecule has 3 rings (SSSR count). The maximum absolute atomic E-state index is 12.4. The smallest absolute Gasteiger partial charge is 0.254 e. The standard InChI is InChI=1S/C14H20N2OS2/c17-14(12-2-8-18-10-12)16-5-1-4-15(6-7-16)13-3-9-19-11-13/h2,8,10,13H,1,3-7,9,11H2. The second-order valence-electron chi connectivity index (χ2n) is 5.21. The number of thiophene rings is 1. The molecule has 1 aromatic heterocycles. The predicted octanol–water partition coefficient (Wildman–Crippen LogP) is 2.40. The SMILES string of the molecule is O=C(c1ccsc1)N1CCCN(C2CCSC2)CC1. The molecule has 2 aliphatic heterocycles. The molecule has 2 fully saturated rings. The third-order valence-electron chi connectivity index (χ3n) is 4.01. The third-order valence-corrected chi connectivity index (χ3v) is 5.84. The lowest BCUT2D eigenvalue weighted by atomic mass is 10.2. The van der Waals surface area contributed by atoms with E-state index in [0.29, 0.717) is 0 Å². The topological polar surface area (TPSA) is 23.6 Å².